The predicted octanol–water partition coefficient (Wildman–Crippen LogP) is 21.1. The third-order valence-electron chi connectivity index (χ3n) is 14.4. The van der Waals surface area contributed by atoms with Gasteiger partial charge < -0.3 is 20.1 Å². The minimum atomic E-state index is -4.39. The van der Waals surface area contributed by atoms with E-state index in [4.69, 9.17) is 24.3 Å². The number of ether oxygens (including phenoxy) is 2. The summed E-state index contributed by atoms with van der Waals surface area (Å²) in [4.78, 5) is 35.2. The van der Waals surface area contributed by atoms with Crippen LogP contribution in [0.2, 0.25) is 0 Å². The smallest absolute Gasteiger partial charge is 0.462 e. The number of phosphoric ester groups is 1. The lowest BCUT2D eigenvalue weighted by Gasteiger charge is -2.19. The van der Waals surface area contributed by atoms with Gasteiger partial charge in [-0.2, -0.15) is 0 Å². The fourth-order valence-corrected chi connectivity index (χ4v) is 10.4. The van der Waals surface area contributed by atoms with Crippen LogP contribution in [0, 0.1) is 0 Å². The monoisotopic (exact) mass is 1100 g/mol. The third-order valence-corrected chi connectivity index (χ3v) is 15.4. The molecule has 2 unspecified atom stereocenters. The van der Waals surface area contributed by atoms with Crippen LogP contribution in [0.5, 0.6) is 0 Å². The van der Waals surface area contributed by atoms with Crippen molar-refractivity contribution in [3.8, 4) is 0 Å². The van der Waals surface area contributed by atoms with Crippen LogP contribution >= 0.6 is 7.82 Å². The summed E-state index contributed by atoms with van der Waals surface area (Å²) in [5.41, 5.74) is 5.39. The van der Waals surface area contributed by atoms with Crippen LogP contribution in [0.3, 0.4) is 0 Å². The standard InChI is InChI=1S/C67H124NO8P/c1-3-5-7-9-11-13-15-17-19-21-22-23-24-25-26-27-28-29-30-31-32-33-34-35-36-37-38-39-40-41-42-44-46-48-50-52-54-56-58-60-67(70)76-65(64-75-77(71,72)74-62-61-68)63-73-66(69)59-57-55-53-51-49-47-45-43-20-18-16-14-12-10-8-6-4-2/h5,7,11,13,17,19,22-23,25-26,65H,3-4,6,8-10,12,14-16,18,20-21,24,27-64,68H2,1-2H3,(H,71,72)/b7-5-,13-11-,19-17-,23-22-,26-25-. The van der Waals surface area contributed by atoms with E-state index in [0.717, 1.165) is 64.2 Å². The van der Waals surface area contributed by atoms with E-state index in [1.165, 1.54) is 225 Å². The Kier molecular flexibility index (Phi) is 61.0. The first-order valence-electron chi connectivity index (χ1n) is 32.8. The summed E-state index contributed by atoms with van der Waals surface area (Å²) in [5, 5.41) is 0. The number of hydrogen-bond donors (Lipinski definition) is 2. The molecule has 0 saturated carbocycles. The van der Waals surface area contributed by atoms with Gasteiger partial charge in [0.25, 0.3) is 0 Å². The lowest BCUT2D eigenvalue weighted by Crippen LogP contribution is -2.29. The van der Waals surface area contributed by atoms with Crippen molar-refractivity contribution in [2.24, 2.45) is 5.73 Å². The first kappa shape index (κ1) is 74.7. The van der Waals surface area contributed by atoms with Crippen LogP contribution in [0.15, 0.2) is 60.8 Å². The second-order valence-electron chi connectivity index (χ2n) is 22.0. The maximum Gasteiger partial charge on any atom is 0.472 e. The molecule has 0 aromatic rings. The quantitative estimate of drug-likeness (QED) is 0.0264. The highest BCUT2D eigenvalue weighted by atomic mass is 31.2. The van der Waals surface area contributed by atoms with Crippen molar-refractivity contribution >= 4 is 19.8 Å². The highest BCUT2D eigenvalue weighted by molar-refractivity contribution is 7.47. The molecule has 0 amide bonds. The van der Waals surface area contributed by atoms with Gasteiger partial charge in [-0.25, -0.2) is 4.57 Å². The fourth-order valence-electron chi connectivity index (χ4n) is 9.61. The number of rotatable bonds is 62. The van der Waals surface area contributed by atoms with Crippen molar-refractivity contribution in [3.63, 3.8) is 0 Å². The van der Waals surface area contributed by atoms with E-state index < -0.39 is 26.5 Å². The number of phosphoric acid groups is 1. The molecular formula is C67H124NO8P. The van der Waals surface area contributed by atoms with Gasteiger partial charge in [-0.05, 0) is 57.8 Å². The van der Waals surface area contributed by atoms with Crippen molar-refractivity contribution in [3.05, 3.63) is 60.8 Å². The largest absolute Gasteiger partial charge is 0.472 e. The molecule has 9 nitrogen and oxygen atoms in total. The van der Waals surface area contributed by atoms with Crippen molar-refractivity contribution in [1.29, 1.82) is 0 Å². The number of hydrogen-bond acceptors (Lipinski definition) is 8. The van der Waals surface area contributed by atoms with Crippen molar-refractivity contribution in [2.75, 3.05) is 26.4 Å². The number of carbonyl (C=O) groups excluding carboxylic acids is 2. The zero-order valence-electron chi connectivity index (χ0n) is 50.4. The van der Waals surface area contributed by atoms with Crippen LogP contribution in [0.25, 0.3) is 0 Å². The molecule has 77 heavy (non-hydrogen) atoms. The lowest BCUT2D eigenvalue weighted by atomic mass is 10.0. The summed E-state index contributed by atoms with van der Waals surface area (Å²) < 4.78 is 33.1. The van der Waals surface area contributed by atoms with Gasteiger partial charge in [-0.1, -0.05) is 312 Å². The molecule has 0 spiro atoms. The summed E-state index contributed by atoms with van der Waals surface area (Å²) in [7, 11) is -4.39. The van der Waals surface area contributed by atoms with Crippen LogP contribution in [-0.2, 0) is 32.7 Å². The summed E-state index contributed by atoms with van der Waals surface area (Å²) in [6, 6.07) is 0. The molecule has 0 heterocycles. The van der Waals surface area contributed by atoms with Gasteiger partial charge in [0.2, 0.25) is 0 Å². The van der Waals surface area contributed by atoms with E-state index in [2.05, 4.69) is 74.6 Å². The number of allylic oxidation sites excluding steroid dienone is 10. The first-order valence-corrected chi connectivity index (χ1v) is 34.3. The lowest BCUT2D eigenvalue weighted by molar-refractivity contribution is -0.161. The highest BCUT2D eigenvalue weighted by Crippen LogP contribution is 2.43. The van der Waals surface area contributed by atoms with E-state index in [9.17, 15) is 19.0 Å². The van der Waals surface area contributed by atoms with Crippen LogP contribution in [0.4, 0.5) is 0 Å². The Labute approximate surface area is 476 Å². The molecule has 0 radical (unpaired) electrons. The number of carbonyl (C=O) groups is 2. The molecule has 0 aliphatic carbocycles. The molecule has 0 aromatic heterocycles. The Morgan fingerprint density at radius 3 is 1.06 bits per heavy atom. The Morgan fingerprint density at radius 1 is 0.403 bits per heavy atom. The molecule has 0 aliphatic heterocycles. The van der Waals surface area contributed by atoms with Crippen LogP contribution in [0.1, 0.15) is 322 Å². The fraction of sp³-hybridized carbons (Fsp3) is 0.821. The summed E-state index contributed by atoms with van der Waals surface area (Å²) >= 11 is 0. The van der Waals surface area contributed by atoms with Crippen molar-refractivity contribution in [2.45, 2.75) is 328 Å². The molecule has 0 rings (SSSR count). The first-order chi connectivity index (χ1) is 37.8. The maximum atomic E-state index is 12.7. The summed E-state index contributed by atoms with van der Waals surface area (Å²) in [5.74, 6) is -0.809. The number of unbranched alkanes of at least 4 members (excludes halogenated alkanes) is 39. The summed E-state index contributed by atoms with van der Waals surface area (Å²) in [6.45, 7) is 3.68. The maximum absolute atomic E-state index is 12.7. The van der Waals surface area contributed by atoms with Crippen LogP contribution < -0.4 is 5.73 Å². The molecule has 0 fully saturated rings. The second-order valence-corrected chi connectivity index (χ2v) is 23.4. The molecule has 450 valence electrons. The number of nitrogens with two attached hydrogens (primary N) is 1. The molecule has 0 bridgehead atoms. The average Bonchev–Trinajstić information content (AvgIpc) is 3.42. The van der Waals surface area contributed by atoms with Gasteiger partial charge >= 0.3 is 19.8 Å². The van der Waals surface area contributed by atoms with E-state index in [-0.39, 0.29) is 38.6 Å². The molecule has 0 saturated heterocycles. The normalized spacial score (nSPS) is 13.4. The zero-order valence-corrected chi connectivity index (χ0v) is 51.3. The van der Waals surface area contributed by atoms with E-state index in [1.54, 1.807) is 0 Å². The third kappa shape index (κ3) is 62.8. The van der Waals surface area contributed by atoms with E-state index >= 15 is 0 Å². The Hall–Kier alpha value is -2.29. The summed E-state index contributed by atoms with van der Waals surface area (Å²) in [6.07, 6.45) is 80.3. The molecule has 3 N–H and O–H groups in total. The van der Waals surface area contributed by atoms with E-state index in [0.29, 0.717) is 6.42 Å². The van der Waals surface area contributed by atoms with Gasteiger partial charge in [0.15, 0.2) is 6.10 Å². The second kappa shape index (κ2) is 62.9. The van der Waals surface area contributed by atoms with Crippen LogP contribution in [-0.4, -0.2) is 49.3 Å². The van der Waals surface area contributed by atoms with E-state index in [1.807, 2.05) is 0 Å². The number of esters is 2. The Bertz CT molecular complexity index is 1440. The highest BCUT2D eigenvalue weighted by Gasteiger charge is 2.26. The minimum Gasteiger partial charge on any atom is -0.462 e. The molecule has 0 aliphatic rings. The van der Waals surface area contributed by atoms with Gasteiger partial charge in [0.1, 0.15) is 6.61 Å². The average molecular weight is 1100 g/mol. The molecule has 0 aromatic carbocycles. The molecule has 10 heteroatoms. The zero-order chi connectivity index (χ0) is 55.9. The van der Waals surface area contributed by atoms with Crippen molar-refractivity contribution in [1.82, 2.24) is 0 Å². The topological polar surface area (TPSA) is 134 Å². The van der Waals surface area contributed by atoms with Gasteiger partial charge in [0, 0.05) is 19.4 Å². The molecule has 2 atom stereocenters. The van der Waals surface area contributed by atoms with Gasteiger partial charge in [0.05, 0.1) is 13.2 Å². The van der Waals surface area contributed by atoms with Crippen molar-refractivity contribution < 1.29 is 37.6 Å². The Balaban J connectivity index is 3.78. The SMILES string of the molecule is CC/C=C\C/C=C\C/C=C\C/C=C\C/C=C\CCCCCCCCCCCCCCCCCCCCCCCCCC(=O)OC(COC(=O)CCCCCCCCCCCCCCCCCCC)COP(=O)(O)OCCN. The molecular weight excluding hydrogens is 978 g/mol. The Morgan fingerprint density at radius 2 is 0.714 bits per heavy atom. The minimum absolute atomic E-state index is 0.0557. The predicted molar refractivity (Wildman–Crippen MR) is 330 cm³/mol. The van der Waals surface area contributed by atoms with Gasteiger partial charge in [-0.15, -0.1) is 0 Å². The van der Waals surface area contributed by atoms with Gasteiger partial charge in [-0.3, -0.25) is 18.6 Å².